The number of benzene rings is 1. The summed E-state index contributed by atoms with van der Waals surface area (Å²) < 4.78 is 0. The summed E-state index contributed by atoms with van der Waals surface area (Å²) >= 11 is 3.94. The third-order valence-electron chi connectivity index (χ3n) is 1.71. The van der Waals surface area contributed by atoms with Gasteiger partial charge in [-0.25, -0.2) is 0 Å². The van der Waals surface area contributed by atoms with Crippen LogP contribution in [0.25, 0.3) is 0 Å². The molecular formula is C9H12BN2OS. The molecule has 1 aromatic carbocycles. The Morgan fingerprint density at radius 3 is 2.71 bits per heavy atom. The molecule has 0 aliphatic heterocycles. The number of carbonyl (C=O) groups is 1. The van der Waals surface area contributed by atoms with Gasteiger partial charge in [0.1, 0.15) is 0 Å². The highest BCUT2D eigenvalue weighted by molar-refractivity contribution is 7.80. The molecule has 0 aromatic heterocycles. The lowest BCUT2D eigenvalue weighted by Gasteiger charge is -2.08. The summed E-state index contributed by atoms with van der Waals surface area (Å²) in [6, 6.07) is 8.95. The number of hydrogen-bond donors (Lipinski definition) is 3. The van der Waals surface area contributed by atoms with Crippen molar-refractivity contribution in [3.05, 3.63) is 30.3 Å². The van der Waals surface area contributed by atoms with E-state index in [-0.39, 0.29) is 5.91 Å². The van der Waals surface area contributed by atoms with Crippen molar-refractivity contribution in [2.75, 3.05) is 5.75 Å². The van der Waals surface area contributed by atoms with Crippen LogP contribution in [0, 0.1) is 0 Å². The van der Waals surface area contributed by atoms with E-state index in [0.717, 1.165) is 5.46 Å². The topological polar surface area (TPSA) is 55.1 Å². The Morgan fingerprint density at radius 2 is 2.14 bits per heavy atom. The number of hydrogen-bond acceptors (Lipinski definition) is 3. The van der Waals surface area contributed by atoms with Gasteiger partial charge in [0.15, 0.2) is 0 Å². The van der Waals surface area contributed by atoms with Crippen molar-refractivity contribution in [3.63, 3.8) is 0 Å². The quantitative estimate of drug-likeness (QED) is 0.452. The van der Waals surface area contributed by atoms with Crippen LogP contribution in [0.3, 0.4) is 0 Å². The first-order valence-electron chi connectivity index (χ1n) is 4.29. The highest BCUT2D eigenvalue weighted by Crippen LogP contribution is 1.83. The van der Waals surface area contributed by atoms with E-state index in [2.05, 4.69) is 17.9 Å². The van der Waals surface area contributed by atoms with E-state index in [1.807, 2.05) is 30.3 Å². The van der Waals surface area contributed by atoms with E-state index in [1.54, 1.807) is 7.41 Å². The van der Waals surface area contributed by atoms with E-state index >= 15 is 0 Å². The van der Waals surface area contributed by atoms with Crippen molar-refractivity contribution in [1.29, 1.82) is 0 Å². The van der Waals surface area contributed by atoms with Crippen LogP contribution < -0.4 is 16.4 Å². The summed E-state index contributed by atoms with van der Waals surface area (Å²) in [4.78, 5) is 11.2. The number of amides is 1. The van der Waals surface area contributed by atoms with Gasteiger partial charge in [-0.2, -0.15) is 12.6 Å². The number of carbonyl (C=O) groups excluding carboxylic acids is 1. The number of thiol groups is 1. The van der Waals surface area contributed by atoms with Crippen LogP contribution in [-0.2, 0) is 4.79 Å². The Balaban J connectivity index is 2.38. The second kappa shape index (κ2) is 5.72. The lowest BCUT2D eigenvalue weighted by Crippen LogP contribution is -2.46. The van der Waals surface area contributed by atoms with Crippen LogP contribution in [0.4, 0.5) is 0 Å². The molecule has 0 unspecified atom stereocenters. The van der Waals surface area contributed by atoms with E-state index in [1.165, 1.54) is 0 Å². The van der Waals surface area contributed by atoms with Gasteiger partial charge in [0.2, 0.25) is 5.91 Å². The van der Waals surface area contributed by atoms with Gasteiger partial charge in [-0.3, -0.25) is 4.79 Å². The van der Waals surface area contributed by atoms with Crippen LogP contribution >= 0.6 is 12.6 Å². The molecule has 5 heteroatoms. The lowest BCUT2D eigenvalue weighted by molar-refractivity contribution is -0.120. The molecule has 14 heavy (non-hydrogen) atoms. The molecule has 1 radical (unpaired) electrons. The molecule has 0 saturated carbocycles. The number of nitrogens with two attached hydrogens (primary N) is 1. The summed E-state index contributed by atoms with van der Waals surface area (Å²) in [7, 11) is 1.63. The zero-order valence-electron chi connectivity index (χ0n) is 7.68. The van der Waals surface area contributed by atoms with Crippen molar-refractivity contribution in [1.82, 2.24) is 5.23 Å². The van der Waals surface area contributed by atoms with Gasteiger partial charge < -0.3 is 11.0 Å². The highest BCUT2D eigenvalue weighted by Gasteiger charge is 2.10. The normalized spacial score (nSPS) is 11.9. The van der Waals surface area contributed by atoms with Gasteiger partial charge in [0.25, 0.3) is 7.41 Å². The minimum Gasteiger partial charge on any atom is -0.397 e. The summed E-state index contributed by atoms with van der Waals surface area (Å²) in [5.41, 5.74) is 6.41. The minimum absolute atomic E-state index is 0.219. The SMILES string of the molecule is N[C@@H](CS)C(=O)N[B]c1ccccc1. The molecule has 0 aliphatic carbocycles. The van der Waals surface area contributed by atoms with Crippen molar-refractivity contribution in [3.8, 4) is 0 Å². The van der Waals surface area contributed by atoms with E-state index in [4.69, 9.17) is 5.73 Å². The second-order valence-electron chi connectivity index (χ2n) is 2.85. The molecule has 1 rings (SSSR count). The third-order valence-corrected chi connectivity index (χ3v) is 2.11. The maximum Gasteiger partial charge on any atom is 0.284 e. The summed E-state index contributed by atoms with van der Waals surface area (Å²) in [6.45, 7) is 0. The predicted octanol–water partition coefficient (Wildman–Crippen LogP) is -0.696. The van der Waals surface area contributed by atoms with Crippen molar-refractivity contribution >= 4 is 31.4 Å². The van der Waals surface area contributed by atoms with Gasteiger partial charge in [-0.05, 0) is 0 Å². The van der Waals surface area contributed by atoms with Crippen molar-refractivity contribution < 1.29 is 4.79 Å². The average molecular weight is 207 g/mol. The first kappa shape index (κ1) is 11.1. The molecule has 1 amide bonds. The van der Waals surface area contributed by atoms with E-state index < -0.39 is 6.04 Å². The monoisotopic (exact) mass is 207 g/mol. The molecule has 0 heterocycles. The fourth-order valence-electron chi connectivity index (χ4n) is 0.894. The Hall–Kier alpha value is -0.935. The number of nitrogens with one attached hydrogen (secondary N) is 1. The zero-order chi connectivity index (χ0) is 10.4. The van der Waals surface area contributed by atoms with E-state index in [9.17, 15) is 4.79 Å². The maximum atomic E-state index is 11.2. The molecular weight excluding hydrogens is 195 g/mol. The van der Waals surface area contributed by atoms with Crippen LogP contribution in [0.15, 0.2) is 30.3 Å². The van der Waals surface area contributed by atoms with Crippen LogP contribution in [-0.4, -0.2) is 25.1 Å². The first-order valence-corrected chi connectivity index (χ1v) is 4.92. The van der Waals surface area contributed by atoms with Crippen molar-refractivity contribution in [2.45, 2.75) is 6.04 Å². The van der Waals surface area contributed by atoms with Crippen LogP contribution in [0.2, 0.25) is 0 Å². The Labute approximate surface area is 89.7 Å². The molecule has 3 N–H and O–H groups in total. The molecule has 3 nitrogen and oxygen atoms in total. The van der Waals surface area contributed by atoms with Crippen LogP contribution in [0.5, 0.6) is 0 Å². The molecule has 1 aromatic rings. The fraction of sp³-hybridized carbons (Fsp3) is 0.222. The van der Waals surface area contributed by atoms with Gasteiger partial charge >= 0.3 is 0 Å². The van der Waals surface area contributed by atoms with E-state index in [0.29, 0.717) is 5.75 Å². The summed E-state index contributed by atoms with van der Waals surface area (Å²) in [6.07, 6.45) is 0. The van der Waals surface area contributed by atoms with Gasteiger partial charge in [-0.1, -0.05) is 35.8 Å². The zero-order valence-corrected chi connectivity index (χ0v) is 8.58. The molecule has 0 spiro atoms. The smallest absolute Gasteiger partial charge is 0.284 e. The maximum absolute atomic E-state index is 11.2. The van der Waals surface area contributed by atoms with Gasteiger partial charge in [-0.15, -0.1) is 0 Å². The summed E-state index contributed by atoms with van der Waals surface area (Å²) in [5, 5.41) is 2.61. The molecule has 0 bridgehead atoms. The standard InChI is InChI=1S/C9H12BN2OS/c11-8(6-14)9(13)12-10-7-4-2-1-3-5-7/h1-5,8,14H,6,11H2,(H,12,13)/t8-/m0/s1. The average Bonchev–Trinajstić information content (AvgIpc) is 2.26. The fourth-order valence-corrected chi connectivity index (χ4v) is 1.06. The van der Waals surface area contributed by atoms with Crippen molar-refractivity contribution in [2.24, 2.45) is 5.73 Å². The Bertz CT molecular complexity index is 294. The lowest BCUT2D eigenvalue weighted by atomic mass is 9.83. The van der Waals surface area contributed by atoms with Crippen LogP contribution in [0.1, 0.15) is 0 Å². The Morgan fingerprint density at radius 1 is 1.50 bits per heavy atom. The molecule has 73 valence electrons. The highest BCUT2D eigenvalue weighted by atomic mass is 32.1. The second-order valence-corrected chi connectivity index (χ2v) is 3.22. The number of rotatable bonds is 4. The predicted molar refractivity (Wildman–Crippen MR) is 61.8 cm³/mol. The third kappa shape index (κ3) is 3.43. The van der Waals surface area contributed by atoms with Gasteiger partial charge in [0, 0.05) is 5.75 Å². The molecule has 0 fully saturated rings. The molecule has 0 saturated heterocycles. The first-order chi connectivity index (χ1) is 6.74. The largest absolute Gasteiger partial charge is 0.397 e. The Kier molecular flexibility index (Phi) is 4.55. The molecule has 1 atom stereocenters. The van der Waals surface area contributed by atoms with Gasteiger partial charge in [0.05, 0.1) is 6.04 Å². The minimum atomic E-state index is -0.557. The molecule has 0 aliphatic rings. The summed E-state index contributed by atoms with van der Waals surface area (Å²) in [5.74, 6) is 0.123.